The van der Waals surface area contributed by atoms with Crippen LogP contribution in [0.25, 0.3) is 10.9 Å². The number of nitrogens with zero attached hydrogens (tertiary/aromatic N) is 1. The fourth-order valence-electron chi connectivity index (χ4n) is 1.11. The third kappa shape index (κ3) is 1.91. The Morgan fingerprint density at radius 1 is 1.25 bits per heavy atom. The van der Waals surface area contributed by atoms with Crippen molar-refractivity contribution in [1.29, 1.82) is 0 Å². The number of aryl methyl sites for hydroxylation is 1. The molecule has 1 nitrogen and oxygen atoms in total. The molecule has 0 spiro atoms. The van der Waals surface area contributed by atoms with Gasteiger partial charge in [-0.25, -0.2) is 0 Å². The van der Waals surface area contributed by atoms with Crippen LogP contribution in [0.15, 0.2) is 30.3 Å². The Bertz CT molecular complexity index is 384. The molecule has 2 aromatic rings. The van der Waals surface area contributed by atoms with Crippen LogP contribution in [0.1, 0.15) is 5.69 Å². The van der Waals surface area contributed by atoms with Crippen LogP contribution in [0.5, 0.6) is 0 Å². The smallest absolute Gasteiger partial charge is 0.0229 e. The first-order valence-electron chi connectivity index (χ1n) is 3.60. The Labute approximate surface area is 97.1 Å². The summed E-state index contributed by atoms with van der Waals surface area (Å²) in [6.45, 7) is 1.99. The van der Waals surface area contributed by atoms with Crippen molar-refractivity contribution in [2.75, 3.05) is 0 Å². The number of aromatic nitrogens is 1. The Morgan fingerprint density at radius 3 is 2.92 bits per heavy atom. The van der Waals surface area contributed by atoms with Gasteiger partial charge in [0.1, 0.15) is 0 Å². The first-order chi connectivity index (χ1) is 5.36. The molecule has 0 aliphatic heterocycles. The summed E-state index contributed by atoms with van der Waals surface area (Å²) in [6.07, 6.45) is 0. The maximum atomic E-state index is 4.34. The number of pyridine rings is 1. The first kappa shape index (κ1) is 9.82. The van der Waals surface area contributed by atoms with E-state index in [1.807, 2.05) is 31.2 Å². The van der Waals surface area contributed by atoms with Crippen LogP contribution in [0.3, 0.4) is 0 Å². The fraction of sp³-hybridized carbons (Fsp3) is 0.100. The van der Waals surface area contributed by atoms with Gasteiger partial charge in [-0.1, -0.05) is 6.07 Å². The monoisotopic (exact) mass is 231 g/mol. The van der Waals surface area contributed by atoms with Gasteiger partial charge in [0.2, 0.25) is 0 Å². The van der Waals surface area contributed by atoms with Crippen LogP contribution in [0.4, 0.5) is 0 Å². The fourth-order valence-corrected chi connectivity index (χ4v) is 1.11. The molecule has 1 aromatic carbocycles. The second-order valence-corrected chi connectivity index (χ2v) is 2.57. The quantitative estimate of drug-likeness (QED) is 0.634. The van der Waals surface area contributed by atoms with Crippen LogP contribution in [-0.4, -0.2) is 4.98 Å². The Hall–Kier alpha value is -0.266. The average Bonchev–Trinajstić information content (AvgIpc) is 2.04. The summed E-state index contributed by atoms with van der Waals surface area (Å²) in [5, 5.41) is 1.18. The van der Waals surface area contributed by atoms with E-state index in [0.29, 0.717) is 0 Å². The zero-order valence-corrected chi connectivity index (χ0v) is 9.75. The molecule has 0 unspecified atom stereocenters. The van der Waals surface area contributed by atoms with Gasteiger partial charge in [0.25, 0.3) is 0 Å². The third-order valence-corrected chi connectivity index (χ3v) is 1.68. The number of rotatable bonds is 0. The molecule has 1 radical (unpaired) electrons. The maximum absolute atomic E-state index is 4.34. The topological polar surface area (TPSA) is 12.9 Å². The average molecular weight is 231 g/mol. The van der Waals surface area contributed by atoms with Crippen molar-refractivity contribution in [3.05, 3.63) is 42.1 Å². The summed E-state index contributed by atoms with van der Waals surface area (Å²) < 4.78 is 0. The summed E-state index contributed by atoms with van der Waals surface area (Å²) in [6, 6.07) is 12.9. The number of hydrogen-bond acceptors (Lipinski definition) is 1. The molecule has 0 aliphatic carbocycles. The molecule has 57 valence electrons. The zero-order valence-electron chi connectivity index (χ0n) is 6.91. The molecule has 1 heterocycles. The molecule has 1 aromatic heterocycles. The van der Waals surface area contributed by atoms with E-state index >= 15 is 0 Å². The Kier molecular flexibility index (Phi) is 3.36. The second kappa shape index (κ2) is 4.11. The van der Waals surface area contributed by atoms with Gasteiger partial charge in [-0.15, -0.1) is 5.39 Å². The second-order valence-electron chi connectivity index (χ2n) is 2.57. The zero-order chi connectivity index (χ0) is 7.68. The predicted octanol–water partition coefficient (Wildman–Crippen LogP) is 2.34. The summed E-state index contributed by atoms with van der Waals surface area (Å²) in [5.41, 5.74) is 2.07. The molecule has 0 atom stereocenters. The minimum atomic E-state index is 0. The largest absolute Gasteiger partial charge is 0.318 e. The number of fused-ring (bicyclic) bond motifs is 1. The van der Waals surface area contributed by atoms with Gasteiger partial charge < -0.3 is 4.98 Å². The van der Waals surface area contributed by atoms with E-state index in [4.69, 9.17) is 0 Å². The molecule has 2 rings (SSSR count). The van der Waals surface area contributed by atoms with Gasteiger partial charge in [-0.2, -0.15) is 24.3 Å². The van der Waals surface area contributed by atoms with E-state index < -0.39 is 0 Å². The van der Waals surface area contributed by atoms with Gasteiger partial charge in [0, 0.05) is 38.4 Å². The van der Waals surface area contributed by atoms with E-state index in [1.54, 1.807) is 0 Å². The summed E-state index contributed by atoms with van der Waals surface area (Å²) in [7, 11) is 0. The molecule has 0 bridgehead atoms. The summed E-state index contributed by atoms with van der Waals surface area (Å²) in [5.74, 6) is 0. The third-order valence-electron chi connectivity index (χ3n) is 1.68. The number of hydrogen-bond donors (Lipinski definition) is 0. The van der Waals surface area contributed by atoms with Gasteiger partial charge >= 0.3 is 0 Å². The van der Waals surface area contributed by atoms with Crippen LogP contribution >= 0.6 is 0 Å². The standard InChI is InChI=1S/C10H8N.Y/c1-8-6-7-9-4-2-3-5-10(9)11-8;/h2,4-7H,1H3;/q-1;. The summed E-state index contributed by atoms with van der Waals surface area (Å²) in [4.78, 5) is 4.34. The van der Waals surface area contributed by atoms with Gasteiger partial charge in [-0.3, -0.25) is 0 Å². The molecule has 0 saturated heterocycles. The molecule has 0 N–H and O–H groups in total. The van der Waals surface area contributed by atoms with Crippen molar-refractivity contribution in [3.63, 3.8) is 0 Å². The molecule has 12 heavy (non-hydrogen) atoms. The molecular formula is C10H8NY-. The van der Waals surface area contributed by atoms with Crippen molar-refractivity contribution < 1.29 is 32.7 Å². The molecule has 0 saturated carbocycles. The van der Waals surface area contributed by atoms with E-state index in [-0.39, 0.29) is 32.7 Å². The molecule has 0 fully saturated rings. The van der Waals surface area contributed by atoms with E-state index in [9.17, 15) is 0 Å². The van der Waals surface area contributed by atoms with Gasteiger partial charge in [0.05, 0.1) is 0 Å². The normalized spacial score (nSPS) is 9.42. The predicted molar refractivity (Wildman–Crippen MR) is 45.3 cm³/mol. The van der Waals surface area contributed by atoms with Crippen molar-refractivity contribution in [2.45, 2.75) is 6.92 Å². The van der Waals surface area contributed by atoms with Crippen LogP contribution in [0.2, 0.25) is 0 Å². The first-order valence-corrected chi connectivity index (χ1v) is 3.60. The maximum Gasteiger partial charge on any atom is 0.0229 e. The van der Waals surface area contributed by atoms with Crippen molar-refractivity contribution in [2.24, 2.45) is 0 Å². The molecule has 0 aliphatic rings. The van der Waals surface area contributed by atoms with E-state index in [1.165, 1.54) is 5.39 Å². The van der Waals surface area contributed by atoms with Gasteiger partial charge in [0.15, 0.2) is 0 Å². The summed E-state index contributed by atoms with van der Waals surface area (Å²) >= 11 is 0. The molecule has 0 amide bonds. The van der Waals surface area contributed by atoms with Crippen molar-refractivity contribution >= 4 is 10.9 Å². The van der Waals surface area contributed by atoms with E-state index in [0.717, 1.165) is 11.2 Å². The van der Waals surface area contributed by atoms with Gasteiger partial charge in [-0.05, 0) is 18.5 Å². The van der Waals surface area contributed by atoms with Crippen LogP contribution < -0.4 is 0 Å². The number of benzene rings is 1. The SMILES string of the molecule is Cc1ccc2cc[c-]cc2n1.[Y]. The van der Waals surface area contributed by atoms with E-state index in [2.05, 4.69) is 17.1 Å². The van der Waals surface area contributed by atoms with Crippen LogP contribution in [0, 0.1) is 13.0 Å². The Balaban J connectivity index is 0.000000720. The minimum Gasteiger partial charge on any atom is -0.318 e. The van der Waals surface area contributed by atoms with Crippen molar-refractivity contribution in [1.82, 2.24) is 4.98 Å². The van der Waals surface area contributed by atoms with Crippen LogP contribution in [-0.2, 0) is 32.7 Å². The van der Waals surface area contributed by atoms with Crippen molar-refractivity contribution in [3.8, 4) is 0 Å². The Morgan fingerprint density at radius 2 is 2.08 bits per heavy atom. The molecular weight excluding hydrogens is 223 g/mol. The minimum absolute atomic E-state index is 0. The molecule has 2 heteroatoms.